The Morgan fingerprint density at radius 2 is 2.00 bits per heavy atom. The highest BCUT2D eigenvalue weighted by molar-refractivity contribution is 5.86. The fraction of sp³-hybridized carbons (Fsp3) is 0.143. The Morgan fingerprint density at radius 1 is 1.21 bits per heavy atom. The Bertz CT molecular complexity index is 706. The summed E-state index contributed by atoms with van der Waals surface area (Å²) in [4.78, 5) is 4.33. The Balaban J connectivity index is 2.14. The van der Waals surface area contributed by atoms with Gasteiger partial charge in [0.2, 0.25) is 0 Å². The number of benzene rings is 1. The quantitative estimate of drug-likeness (QED) is 0.743. The van der Waals surface area contributed by atoms with Crippen molar-refractivity contribution in [3.8, 4) is 5.69 Å². The lowest BCUT2D eigenvalue weighted by Crippen LogP contribution is -2.01. The Labute approximate surface area is 110 Å². The Kier molecular flexibility index (Phi) is 2.89. The van der Waals surface area contributed by atoms with Crippen LogP contribution >= 0.6 is 0 Å². The van der Waals surface area contributed by atoms with Gasteiger partial charge in [0.05, 0.1) is 5.69 Å². The molecule has 3 aromatic rings. The zero-order chi connectivity index (χ0) is 13.2. The minimum atomic E-state index is 0.0993. The van der Waals surface area contributed by atoms with Gasteiger partial charge in [-0.15, -0.1) is 0 Å². The summed E-state index contributed by atoms with van der Waals surface area (Å²) in [6.07, 6.45) is 2.30. The van der Waals surface area contributed by atoms with E-state index in [0.717, 1.165) is 16.8 Å². The summed E-state index contributed by atoms with van der Waals surface area (Å²) < 4.78 is 1.68. The molecule has 0 aliphatic heterocycles. The number of hydrogen-bond acceptors (Lipinski definition) is 4. The molecule has 19 heavy (non-hydrogen) atoms. The molecule has 0 spiro atoms. The van der Waals surface area contributed by atoms with Crippen LogP contribution in [0.15, 0.2) is 42.6 Å². The van der Waals surface area contributed by atoms with Crippen LogP contribution in [0.3, 0.4) is 0 Å². The summed E-state index contributed by atoms with van der Waals surface area (Å²) in [5.41, 5.74) is 9.37. The van der Waals surface area contributed by atoms with E-state index >= 15 is 0 Å². The molecule has 3 rings (SSSR count). The summed E-state index contributed by atoms with van der Waals surface area (Å²) in [5, 5.41) is 13.4. The second-order valence-electron chi connectivity index (χ2n) is 4.32. The van der Waals surface area contributed by atoms with E-state index in [1.807, 2.05) is 36.4 Å². The van der Waals surface area contributed by atoms with Crippen LogP contribution in [-0.4, -0.2) is 26.5 Å². The van der Waals surface area contributed by atoms with E-state index < -0.39 is 0 Å². The number of rotatable bonds is 3. The molecule has 0 atom stereocenters. The number of hydrogen-bond donors (Lipinski definition) is 2. The number of pyridine rings is 1. The third-order valence-electron chi connectivity index (χ3n) is 3.00. The van der Waals surface area contributed by atoms with Crippen molar-refractivity contribution in [1.82, 2.24) is 14.8 Å². The van der Waals surface area contributed by atoms with E-state index in [2.05, 4.69) is 10.1 Å². The van der Waals surface area contributed by atoms with Crippen LogP contribution in [0.5, 0.6) is 0 Å². The van der Waals surface area contributed by atoms with Crippen LogP contribution in [0.25, 0.3) is 16.7 Å². The third-order valence-corrected chi connectivity index (χ3v) is 3.00. The first-order chi connectivity index (χ1) is 9.29. The molecule has 1 aromatic carbocycles. The molecule has 3 N–H and O–H groups in total. The van der Waals surface area contributed by atoms with Gasteiger partial charge in [0.25, 0.3) is 0 Å². The van der Waals surface area contributed by atoms with E-state index in [1.165, 1.54) is 0 Å². The SMILES string of the molecule is Nc1c2ncc(CCO)cc2nn1-c1ccccc1. The number of nitrogens with zero attached hydrogens (tertiary/aromatic N) is 3. The first-order valence-electron chi connectivity index (χ1n) is 6.09. The fourth-order valence-corrected chi connectivity index (χ4v) is 2.06. The highest BCUT2D eigenvalue weighted by atomic mass is 16.2. The van der Waals surface area contributed by atoms with Crippen molar-refractivity contribution in [2.24, 2.45) is 0 Å². The molecule has 2 aromatic heterocycles. The van der Waals surface area contributed by atoms with Crippen molar-refractivity contribution >= 4 is 16.9 Å². The maximum absolute atomic E-state index is 8.95. The molecule has 0 unspecified atom stereocenters. The van der Waals surface area contributed by atoms with Crippen molar-refractivity contribution < 1.29 is 5.11 Å². The van der Waals surface area contributed by atoms with Crippen molar-refractivity contribution in [3.63, 3.8) is 0 Å². The Morgan fingerprint density at radius 3 is 2.74 bits per heavy atom. The van der Waals surface area contributed by atoms with Gasteiger partial charge in [-0.25, -0.2) is 4.68 Å². The van der Waals surface area contributed by atoms with Crippen LogP contribution in [-0.2, 0) is 6.42 Å². The summed E-state index contributed by atoms with van der Waals surface area (Å²) in [6, 6.07) is 11.6. The molecule has 96 valence electrons. The van der Waals surface area contributed by atoms with Crippen LogP contribution in [0.4, 0.5) is 5.82 Å². The molecular weight excluding hydrogens is 240 g/mol. The molecule has 0 aliphatic carbocycles. The highest BCUT2D eigenvalue weighted by Crippen LogP contribution is 2.22. The first-order valence-corrected chi connectivity index (χ1v) is 6.09. The molecule has 0 fully saturated rings. The van der Waals surface area contributed by atoms with E-state index in [0.29, 0.717) is 17.8 Å². The van der Waals surface area contributed by atoms with Crippen molar-refractivity contribution in [2.75, 3.05) is 12.3 Å². The van der Waals surface area contributed by atoms with Crippen LogP contribution in [0.1, 0.15) is 5.56 Å². The zero-order valence-electron chi connectivity index (χ0n) is 10.3. The normalized spacial score (nSPS) is 11.0. The zero-order valence-corrected chi connectivity index (χ0v) is 10.3. The van der Waals surface area contributed by atoms with Crippen LogP contribution in [0, 0.1) is 0 Å². The van der Waals surface area contributed by atoms with Crippen molar-refractivity contribution in [3.05, 3.63) is 48.2 Å². The predicted octanol–water partition coefficient (Wildman–Crippen LogP) is 1.54. The highest BCUT2D eigenvalue weighted by Gasteiger charge is 2.11. The molecule has 5 nitrogen and oxygen atoms in total. The summed E-state index contributed by atoms with van der Waals surface area (Å²) in [7, 11) is 0. The molecule has 0 saturated heterocycles. The monoisotopic (exact) mass is 254 g/mol. The number of fused-ring (bicyclic) bond motifs is 1. The third kappa shape index (κ3) is 2.04. The van der Waals surface area contributed by atoms with Gasteiger partial charge < -0.3 is 10.8 Å². The largest absolute Gasteiger partial charge is 0.396 e. The lowest BCUT2D eigenvalue weighted by atomic mass is 10.2. The number of nitrogens with two attached hydrogens (primary N) is 1. The smallest absolute Gasteiger partial charge is 0.153 e. The number of para-hydroxylation sites is 1. The van der Waals surface area contributed by atoms with E-state index in [4.69, 9.17) is 10.8 Å². The topological polar surface area (TPSA) is 77.0 Å². The van der Waals surface area contributed by atoms with Gasteiger partial charge in [0.1, 0.15) is 11.0 Å². The average molecular weight is 254 g/mol. The Hall–Kier alpha value is -2.40. The van der Waals surface area contributed by atoms with E-state index in [-0.39, 0.29) is 6.61 Å². The lowest BCUT2D eigenvalue weighted by Gasteiger charge is -2.01. The number of anilines is 1. The molecule has 0 aliphatic rings. The summed E-state index contributed by atoms with van der Waals surface area (Å²) in [5.74, 6) is 0.525. The van der Waals surface area contributed by atoms with Crippen molar-refractivity contribution in [2.45, 2.75) is 6.42 Å². The molecular formula is C14H14N4O. The molecule has 2 heterocycles. The second kappa shape index (κ2) is 4.70. The van der Waals surface area contributed by atoms with Gasteiger partial charge in [-0.05, 0) is 30.2 Å². The van der Waals surface area contributed by atoms with Crippen LogP contribution < -0.4 is 5.73 Å². The first kappa shape index (κ1) is 11.7. The lowest BCUT2D eigenvalue weighted by molar-refractivity contribution is 0.299. The predicted molar refractivity (Wildman–Crippen MR) is 74.1 cm³/mol. The second-order valence-corrected chi connectivity index (χ2v) is 4.32. The van der Waals surface area contributed by atoms with Crippen molar-refractivity contribution in [1.29, 1.82) is 0 Å². The van der Waals surface area contributed by atoms with Gasteiger partial charge in [-0.3, -0.25) is 4.98 Å². The standard InChI is InChI=1S/C14H14N4O/c15-14-13-12(8-10(6-7-19)9-16-13)17-18(14)11-4-2-1-3-5-11/h1-5,8-9,19H,6-7,15H2. The minimum absolute atomic E-state index is 0.0993. The van der Waals surface area contributed by atoms with Gasteiger partial charge in [0, 0.05) is 12.8 Å². The fourth-order valence-electron chi connectivity index (χ4n) is 2.06. The maximum atomic E-state index is 8.95. The van der Waals surface area contributed by atoms with Gasteiger partial charge in [-0.1, -0.05) is 18.2 Å². The number of aliphatic hydroxyl groups is 1. The van der Waals surface area contributed by atoms with E-state index in [9.17, 15) is 0 Å². The number of nitrogen functional groups attached to an aromatic ring is 1. The molecule has 0 bridgehead atoms. The average Bonchev–Trinajstić information content (AvgIpc) is 2.77. The summed E-state index contributed by atoms with van der Waals surface area (Å²) >= 11 is 0. The molecule has 0 amide bonds. The van der Waals surface area contributed by atoms with Gasteiger partial charge in [-0.2, -0.15) is 5.10 Å². The number of aliphatic hydroxyl groups excluding tert-OH is 1. The number of aromatic nitrogens is 3. The molecule has 5 heteroatoms. The minimum Gasteiger partial charge on any atom is -0.396 e. The van der Waals surface area contributed by atoms with Gasteiger partial charge in [0.15, 0.2) is 5.82 Å². The maximum Gasteiger partial charge on any atom is 0.153 e. The molecule has 0 radical (unpaired) electrons. The van der Waals surface area contributed by atoms with Crippen LogP contribution in [0.2, 0.25) is 0 Å². The van der Waals surface area contributed by atoms with E-state index in [1.54, 1.807) is 10.9 Å². The summed E-state index contributed by atoms with van der Waals surface area (Å²) in [6.45, 7) is 0.0993. The molecule has 0 saturated carbocycles. The van der Waals surface area contributed by atoms with Gasteiger partial charge >= 0.3 is 0 Å².